The van der Waals surface area contributed by atoms with Gasteiger partial charge in [-0.1, -0.05) is 29.6 Å². The molecule has 0 amide bonds. The molecule has 0 aliphatic heterocycles. The first-order chi connectivity index (χ1) is 7.70. The Balaban J connectivity index is 2.04. The maximum atomic E-state index is 6.15. The van der Waals surface area contributed by atoms with Gasteiger partial charge >= 0.3 is 0 Å². The number of methoxy groups -OCH3 is 1. The van der Waals surface area contributed by atoms with Crippen molar-refractivity contribution in [2.24, 2.45) is 0 Å². The van der Waals surface area contributed by atoms with Gasteiger partial charge in [-0.05, 0) is 24.5 Å². The van der Waals surface area contributed by atoms with E-state index in [1.165, 1.54) is 19.3 Å². The van der Waals surface area contributed by atoms with E-state index in [2.05, 4.69) is 5.32 Å². The fourth-order valence-electron chi connectivity index (χ4n) is 1.73. The third-order valence-corrected chi connectivity index (χ3v) is 3.65. The first-order valence-electron chi connectivity index (χ1n) is 5.46. The summed E-state index contributed by atoms with van der Waals surface area (Å²) in [7, 11) is 1.59. The summed E-state index contributed by atoms with van der Waals surface area (Å²) in [5, 5.41) is 4.77. The average Bonchev–Trinajstić information content (AvgIpc) is 2.20. The number of nitrogens with one attached hydrogen (secondary N) is 1. The maximum absolute atomic E-state index is 6.15. The van der Waals surface area contributed by atoms with Gasteiger partial charge in [0.25, 0.3) is 0 Å². The number of rotatable bonds is 4. The van der Waals surface area contributed by atoms with Gasteiger partial charge in [-0.15, -0.1) is 0 Å². The highest BCUT2D eigenvalue weighted by atomic mass is 35.5. The Labute approximate surface area is 106 Å². The van der Waals surface area contributed by atoms with E-state index in [1.54, 1.807) is 13.2 Å². The van der Waals surface area contributed by atoms with Crippen LogP contribution >= 0.6 is 23.2 Å². The van der Waals surface area contributed by atoms with Crippen LogP contribution in [0.1, 0.15) is 24.8 Å². The van der Waals surface area contributed by atoms with Crippen molar-refractivity contribution in [2.75, 3.05) is 7.11 Å². The Morgan fingerprint density at radius 2 is 2.06 bits per heavy atom. The van der Waals surface area contributed by atoms with Crippen molar-refractivity contribution < 1.29 is 4.74 Å². The molecule has 1 N–H and O–H groups in total. The fourth-order valence-corrected chi connectivity index (χ4v) is 2.21. The highest BCUT2D eigenvalue weighted by molar-refractivity contribution is 6.34. The maximum Gasteiger partial charge on any atom is 0.138 e. The summed E-state index contributed by atoms with van der Waals surface area (Å²) < 4.78 is 5.10. The van der Waals surface area contributed by atoms with E-state index in [9.17, 15) is 0 Å². The predicted molar refractivity (Wildman–Crippen MR) is 67.5 cm³/mol. The minimum absolute atomic E-state index is 0.609. The lowest BCUT2D eigenvalue weighted by Gasteiger charge is -2.26. The molecule has 0 saturated heterocycles. The van der Waals surface area contributed by atoms with Crippen LogP contribution in [0.2, 0.25) is 10.0 Å². The highest BCUT2D eigenvalue weighted by Gasteiger charge is 2.17. The number of halogens is 2. The number of hydrogen-bond acceptors (Lipinski definition) is 2. The van der Waals surface area contributed by atoms with Crippen molar-refractivity contribution in [3.8, 4) is 5.75 Å². The largest absolute Gasteiger partial charge is 0.495 e. The van der Waals surface area contributed by atoms with Crippen LogP contribution in [-0.4, -0.2) is 13.2 Å². The van der Waals surface area contributed by atoms with Crippen molar-refractivity contribution >= 4 is 23.2 Å². The standard InChI is InChI=1S/C12H15Cl2NO/c1-16-12-6-10(13)8(5-11(12)14)7-15-9-3-2-4-9/h5-6,9,15H,2-4,7H2,1H3. The summed E-state index contributed by atoms with van der Waals surface area (Å²) >= 11 is 12.2. The smallest absolute Gasteiger partial charge is 0.138 e. The third kappa shape index (κ3) is 2.62. The Bertz CT molecular complexity index is 378. The summed E-state index contributed by atoms with van der Waals surface area (Å²) in [6.45, 7) is 0.771. The molecule has 0 aromatic heterocycles. The van der Waals surface area contributed by atoms with Gasteiger partial charge in [-0.3, -0.25) is 0 Å². The van der Waals surface area contributed by atoms with Crippen LogP contribution in [0, 0.1) is 0 Å². The Morgan fingerprint density at radius 3 is 2.62 bits per heavy atom. The zero-order valence-electron chi connectivity index (χ0n) is 9.22. The zero-order valence-corrected chi connectivity index (χ0v) is 10.7. The van der Waals surface area contributed by atoms with Crippen molar-refractivity contribution in [3.63, 3.8) is 0 Å². The second kappa shape index (κ2) is 5.26. The van der Waals surface area contributed by atoms with Crippen LogP contribution in [0.3, 0.4) is 0 Å². The molecular weight excluding hydrogens is 245 g/mol. The second-order valence-electron chi connectivity index (χ2n) is 4.09. The molecule has 0 unspecified atom stereocenters. The molecule has 1 aromatic rings. The van der Waals surface area contributed by atoms with E-state index in [0.29, 0.717) is 21.8 Å². The Morgan fingerprint density at radius 1 is 1.31 bits per heavy atom. The Kier molecular flexibility index (Phi) is 3.95. The molecule has 0 heterocycles. The average molecular weight is 260 g/mol. The molecule has 4 heteroatoms. The molecule has 1 aliphatic rings. The summed E-state index contributed by atoms with van der Waals surface area (Å²) in [4.78, 5) is 0. The van der Waals surface area contributed by atoms with Gasteiger partial charge in [-0.2, -0.15) is 0 Å². The van der Waals surface area contributed by atoms with Crippen molar-refractivity contribution in [2.45, 2.75) is 31.8 Å². The van der Waals surface area contributed by atoms with E-state index in [4.69, 9.17) is 27.9 Å². The molecule has 2 rings (SSSR count). The molecular formula is C12H15Cl2NO. The number of benzene rings is 1. The number of hydrogen-bond donors (Lipinski definition) is 1. The molecule has 1 aliphatic carbocycles. The van der Waals surface area contributed by atoms with Gasteiger partial charge < -0.3 is 10.1 Å². The highest BCUT2D eigenvalue weighted by Crippen LogP contribution is 2.31. The van der Waals surface area contributed by atoms with Gasteiger partial charge in [-0.25, -0.2) is 0 Å². The molecule has 0 atom stereocenters. The molecule has 1 aromatic carbocycles. The van der Waals surface area contributed by atoms with Gasteiger partial charge in [0.15, 0.2) is 0 Å². The summed E-state index contributed by atoms with van der Waals surface area (Å²) in [6.07, 6.45) is 3.86. The van der Waals surface area contributed by atoms with E-state index >= 15 is 0 Å². The van der Waals surface area contributed by atoms with Crippen LogP contribution in [0.4, 0.5) is 0 Å². The van der Waals surface area contributed by atoms with E-state index in [-0.39, 0.29) is 0 Å². The van der Waals surface area contributed by atoms with Crippen LogP contribution in [0.25, 0.3) is 0 Å². The lowest BCUT2D eigenvalue weighted by Crippen LogP contribution is -2.34. The molecule has 1 fully saturated rings. The SMILES string of the molecule is COc1cc(Cl)c(CNC2CCC2)cc1Cl. The van der Waals surface area contributed by atoms with Crippen LogP contribution in [0.15, 0.2) is 12.1 Å². The predicted octanol–water partition coefficient (Wildman–Crippen LogP) is 3.64. The molecule has 0 radical (unpaired) electrons. The molecule has 2 nitrogen and oxygen atoms in total. The van der Waals surface area contributed by atoms with Gasteiger partial charge in [0.1, 0.15) is 5.75 Å². The molecule has 0 bridgehead atoms. The lowest BCUT2D eigenvalue weighted by molar-refractivity contribution is 0.338. The van der Waals surface area contributed by atoms with Crippen LogP contribution in [-0.2, 0) is 6.54 Å². The van der Waals surface area contributed by atoms with Crippen molar-refractivity contribution in [1.29, 1.82) is 0 Å². The van der Waals surface area contributed by atoms with Crippen molar-refractivity contribution in [1.82, 2.24) is 5.32 Å². The quantitative estimate of drug-likeness (QED) is 0.892. The first kappa shape index (κ1) is 12.0. The van der Waals surface area contributed by atoms with Crippen molar-refractivity contribution in [3.05, 3.63) is 27.7 Å². The zero-order chi connectivity index (χ0) is 11.5. The minimum Gasteiger partial charge on any atom is -0.495 e. The first-order valence-corrected chi connectivity index (χ1v) is 6.21. The monoisotopic (exact) mass is 259 g/mol. The van der Waals surface area contributed by atoms with Gasteiger partial charge in [0, 0.05) is 23.7 Å². The topological polar surface area (TPSA) is 21.3 Å². The van der Waals surface area contributed by atoms with Gasteiger partial charge in [0.2, 0.25) is 0 Å². The van der Waals surface area contributed by atoms with E-state index < -0.39 is 0 Å². The van der Waals surface area contributed by atoms with Crippen LogP contribution in [0.5, 0.6) is 5.75 Å². The van der Waals surface area contributed by atoms with Gasteiger partial charge in [0.05, 0.1) is 12.1 Å². The van der Waals surface area contributed by atoms with E-state index in [1.807, 2.05) is 6.07 Å². The fraction of sp³-hybridized carbons (Fsp3) is 0.500. The Hall–Kier alpha value is -0.440. The second-order valence-corrected chi connectivity index (χ2v) is 4.90. The lowest BCUT2D eigenvalue weighted by atomic mass is 9.93. The summed E-state index contributed by atoms with van der Waals surface area (Å²) in [5.74, 6) is 0.624. The minimum atomic E-state index is 0.609. The number of ether oxygens (including phenoxy) is 1. The molecule has 0 spiro atoms. The summed E-state index contributed by atoms with van der Waals surface area (Å²) in [5.41, 5.74) is 1.03. The van der Waals surface area contributed by atoms with Crippen LogP contribution < -0.4 is 10.1 Å². The normalized spacial score (nSPS) is 15.9. The molecule has 88 valence electrons. The third-order valence-electron chi connectivity index (χ3n) is 3.01. The van der Waals surface area contributed by atoms with E-state index in [0.717, 1.165) is 12.1 Å². The summed E-state index contributed by atoms with van der Waals surface area (Å²) in [6, 6.07) is 4.28. The molecule has 16 heavy (non-hydrogen) atoms. The molecule has 1 saturated carbocycles.